The van der Waals surface area contributed by atoms with Crippen molar-refractivity contribution in [2.75, 3.05) is 5.73 Å². The SMILES string of the molecule is Nc1ccc2cc(SOOO)c(/N=N/c3cc([N+](=O)[O-])ccc3O)c(O)c2c1. The molecular weight excluding hydrogens is 392 g/mol. The van der Waals surface area contributed by atoms with E-state index in [0.29, 0.717) is 28.5 Å². The third kappa shape index (κ3) is 3.94. The number of aromatic hydroxyl groups is 2. The number of non-ortho nitro benzene ring substituents is 1. The number of nitrogens with zero attached hydrogens (tertiary/aromatic N) is 3. The van der Waals surface area contributed by atoms with Gasteiger partial charge in [0.05, 0.1) is 21.9 Å². The van der Waals surface area contributed by atoms with E-state index in [2.05, 4.69) is 19.6 Å². The Hall–Kier alpha value is -3.45. The maximum atomic E-state index is 10.9. The predicted octanol–water partition coefficient (Wildman–Crippen LogP) is 4.59. The number of hydrogen-bond acceptors (Lipinski definition) is 11. The van der Waals surface area contributed by atoms with Gasteiger partial charge in [0.2, 0.25) is 0 Å². The Morgan fingerprint density at radius 1 is 1.11 bits per heavy atom. The molecule has 0 aliphatic carbocycles. The van der Waals surface area contributed by atoms with Crippen LogP contribution in [-0.4, -0.2) is 20.4 Å². The number of nitrogen functional groups attached to an aromatic ring is 1. The van der Waals surface area contributed by atoms with Gasteiger partial charge < -0.3 is 15.9 Å². The van der Waals surface area contributed by atoms with Crippen molar-refractivity contribution < 1.29 is 29.8 Å². The van der Waals surface area contributed by atoms with E-state index in [9.17, 15) is 20.3 Å². The molecule has 0 spiro atoms. The summed E-state index contributed by atoms with van der Waals surface area (Å²) >= 11 is 0.540. The van der Waals surface area contributed by atoms with Crippen molar-refractivity contribution in [2.45, 2.75) is 4.90 Å². The van der Waals surface area contributed by atoms with Crippen molar-refractivity contribution in [3.05, 3.63) is 52.6 Å². The first-order valence-corrected chi connectivity index (χ1v) is 8.24. The highest BCUT2D eigenvalue weighted by atomic mass is 32.2. The van der Waals surface area contributed by atoms with Gasteiger partial charge in [-0.25, -0.2) is 5.26 Å². The molecule has 5 N–H and O–H groups in total. The molecule has 3 rings (SSSR count). The molecular formula is C16H12N4O7S. The largest absolute Gasteiger partial charge is 0.506 e. The van der Waals surface area contributed by atoms with Crippen LogP contribution in [-0.2, 0) is 9.37 Å². The lowest BCUT2D eigenvalue weighted by molar-refractivity contribution is -0.432. The zero-order chi connectivity index (χ0) is 20.3. The van der Waals surface area contributed by atoms with Crippen LogP contribution >= 0.6 is 12.0 Å². The number of nitrogens with two attached hydrogens (primary N) is 1. The first-order chi connectivity index (χ1) is 13.4. The summed E-state index contributed by atoms with van der Waals surface area (Å²) in [5.74, 6) is -0.648. The quantitative estimate of drug-likeness (QED) is 0.114. The van der Waals surface area contributed by atoms with Gasteiger partial charge in [-0.05, 0) is 29.7 Å². The summed E-state index contributed by atoms with van der Waals surface area (Å²) in [6, 6.07) is 9.61. The Bertz CT molecular complexity index is 1090. The average Bonchev–Trinajstić information content (AvgIpc) is 2.67. The number of rotatable bonds is 6. The molecule has 3 aromatic rings. The van der Waals surface area contributed by atoms with Crippen LogP contribution in [0.1, 0.15) is 0 Å². The summed E-state index contributed by atoms with van der Waals surface area (Å²) in [7, 11) is 0. The number of anilines is 1. The van der Waals surface area contributed by atoms with Crippen LogP contribution in [0.5, 0.6) is 11.5 Å². The van der Waals surface area contributed by atoms with Crippen LogP contribution in [0, 0.1) is 10.1 Å². The van der Waals surface area contributed by atoms with Crippen molar-refractivity contribution in [2.24, 2.45) is 10.2 Å². The lowest BCUT2D eigenvalue weighted by Crippen LogP contribution is -1.87. The zero-order valence-electron chi connectivity index (χ0n) is 13.8. The molecule has 144 valence electrons. The van der Waals surface area contributed by atoms with E-state index < -0.39 is 4.92 Å². The van der Waals surface area contributed by atoms with Crippen molar-refractivity contribution in [3.63, 3.8) is 0 Å². The zero-order valence-corrected chi connectivity index (χ0v) is 14.7. The van der Waals surface area contributed by atoms with Crippen LogP contribution in [0.3, 0.4) is 0 Å². The fourth-order valence-electron chi connectivity index (χ4n) is 2.38. The first kappa shape index (κ1) is 19.3. The number of fused-ring (bicyclic) bond motifs is 1. The molecule has 28 heavy (non-hydrogen) atoms. The fourth-order valence-corrected chi connectivity index (χ4v) is 2.88. The normalized spacial score (nSPS) is 11.3. The van der Waals surface area contributed by atoms with Gasteiger partial charge in [-0.3, -0.25) is 10.1 Å². The standard InChI is InChI=1S/C16H12N4O7S/c17-9-2-1-8-5-14(28-27-26-25)15(16(22)11(8)6-9)19-18-12-7-10(20(23)24)3-4-13(12)21/h1-7,21-22,25H,17H2/b19-18+. The molecule has 11 nitrogen and oxygen atoms in total. The topological polar surface area (TPSA) is 173 Å². The van der Waals surface area contributed by atoms with Crippen molar-refractivity contribution in [1.29, 1.82) is 0 Å². The second kappa shape index (κ2) is 8.06. The predicted molar refractivity (Wildman–Crippen MR) is 99.6 cm³/mol. The molecule has 0 fully saturated rings. The molecule has 0 saturated carbocycles. The molecule has 0 aliphatic heterocycles. The van der Waals surface area contributed by atoms with Crippen molar-refractivity contribution in [1.82, 2.24) is 0 Å². The second-order valence-electron chi connectivity index (χ2n) is 5.41. The number of phenols is 2. The summed E-state index contributed by atoms with van der Waals surface area (Å²) in [4.78, 5) is 10.4. The van der Waals surface area contributed by atoms with Crippen LogP contribution in [0.25, 0.3) is 10.8 Å². The summed E-state index contributed by atoms with van der Waals surface area (Å²) in [5, 5.41) is 51.9. The van der Waals surface area contributed by atoms with Crippen LogP contribution < -0.4 is 5.73 Å². The van der Waals surface area contributed by atoms with E-state index in [1.54, 1.807) is 18.2 Å². The van der Waals surface area contributed by atoms with Crippen LogP contribution in [0.4, 0.5) is 22.7 Å². The first-order valence-electron chi connectivity index (χ1n) is 7.50. The molecule has 12 heteroatoms. The second-order valence-corrected chi connectivity index (χ2v) is 6.15. The Morgan fingerprint density at radius 3 is 2.61 bits per heavy atom. The van der Waals surface area contributed by atoms with E-state index in [0.717, 1.165) is 18.2 Å². The fraction of sp³-hybridized carbons (Fsp3) is 0. The number of hydrogen-bond donors (Lipinski definition) is 4. The Labute approximate surface area is 160 Å². The summed E-state index contributed by atoms with van der Waals surface area (Å²) < 4.78 is 4.41. The number of benzene rings is 3. The van der Waals surface area contributed by atoms with Crippen LogP contribution in [0.2, 0.25) is 0 Å². The maximum absolute atomic E-state index is 10.9. The molecule has 3 aromatic carbocycles. The average molecular weight is 404 g/mol. The number of azo groups is 1. The number of phenolic OH excluding ortho intramolecular Hbond substituents is 2. The Balaban J connectivity index is 2.13. The maximum Gasteiger partial charge on any atom is 0.271 e. The molecule has 0 atom stereocenters. The molecule has 0 heterocycles. The van der Waals surface area contributed by atoms with Gasteiger partial charge in [-0.1, -0.05) is 11.1 Å². The van der Waals surface area contributed by atoms with Gasteiger partial charge in [0.1, 0.15) is 17.1 Å². The van der Waals surface area contributed by atoms with E-state index in [-0.39, 0.29) is 33.5 Å². The number of nitro groups is 1. The van der Waals surface area contributed by atoms with Gasteiger partial charge in [-0.15, -0.1) is 14.6 Å². The minimum atomic E-state index is -0.650. The van der Waals surface area contributed by atoms with Crippen LogP contribution in [0.15, 0.2) is 57.6 Å². The minimum absolute atomic E-state index is 0.0916. The van der Waals surface area contributed by atoms with Gasteiger partial charge in [0.25, 0.3) is 5.69 Å². The highest BCUT2D eigenvalue weighted by molar-refractivity contribution is 7.94. The van der Waals surface area contributed by atoms with E-state index in [4.69, 9.17) is 11.0 Å². The molecule has 0 radical (unpaired) electrons. The third-order valence-corrected chi connectivity index (χ3v) is 4.28. The number of nitro benzene ring substituents is 1. The monoisotopic (exact) mass is 404 g/mol. The molecule has 0 amide bonds. The lowest BCUT2D eigenvalue weighted by atomic mass is 10.1. The van der Waals surface area contributed by atoms with Gasteiger partial charge in [-0.2, -0.15) is 0 Å². The highest BCUT2D eigenvalue weighted by Gasteiger charge is 2.16. The van der Waals surface area contributed by atoms with E-state index in [1.165, 1.54) is 6.07 Å². The molecule has 0 unspecified atom stereocenters. The van der Waals surface area contributed by atoms with Crippen molar-refractivity contribution >= 4 is 45.6 Å². The molecule has 0 aromatic heterocycles. The highest BCUT2D eigenvalue weighted by Crippen LogP contribution is 2.45. The van der Waals surface area contributed by atoms with E-state index in [1.807, 2.05) is 0 Å². The minimum Gasteiger partial charge on any atom is -0.506 e. The van der Waals surface area contributed by atoms with Gasteiger partial charge in [0.15, 0.2) is 5.75 Å². The summed E-state index contributed by atoms with van der Waals surface area (Å²) in [6.07, 6.45) is 0. The smallest absolute Gasteiger partial charge is 0.271 e. The summed E-state index contributed by atoms with van der Waals surface area (Å²) in [5.41, 5.74) is 5.57. The Morgan fingerprint density at radius 2 is 1.89 bits per heavy atom. The third-order valence-electron chi connectivity index (χ3n) is 3.66. The lowest BCUT2D eigenvalue weighted by Gasteiger charge is -2.09. The molecule has 0 bridgehead atoms. The summed E-state index contributed by atoms with van der Waals surface area (Å²) in [6.45, 7) is 0. The molecule has 0 aliphatic rings. The van der Waals surface area contributed by atoms with Crippen molar-refractivity contribution in [3.8, 4) is 11.5 Å². The molecule has 0 saturated heterocycles. The Kier molecular flexibility index (Phi) is 5.56. The van der Waals surface area contributed by atoms with Gasteiger partial charge in [0, 0.05) is 23.2 Å². The van der Waals surface area contributed by atoms with E-state index >= 15 is 0 Å². The van der Waals surface area contributed by atoms with Gasteiger partial charge >= 0.3 is 0 Å².